The second-order valence-electron chi connectivity index (χ2n) is 27.1. The highest BCUT2D eigenvalue weighted by Crippen LogP contribution is 2.52. The molecule has 0 aliphatic carbocycles. The molecule has 34 heteroatoms. The highest BCUT2D eigenvalue weighted by Gasteiger charge is 2.50. The number of rotatable bonds is 66. The highest BCUT2D eigenvalue weighted by atomic mass is 28.4. The van der Waals surface area contributed by atoms with Gasteiger partial charge in [0.1, 0.15) is 0 Å². The quantitative estimate of drug-likeness (QED) is 0.0115. The molecule has 0 atom stereocenters. The zero-order valence-electron chi connectivity index (χ0n) is 69.2. The average molecular weight is 1650 g/mol. The molecule has 632 valence electrons. The van der Waals surface area contributed by atoms with E-state index in [0.29, 0.717) is 113 Å². The lowest BCUT2D eigenvalue weighted by atomic mass is 9.76. The van der Waals surface area contributed by atoms with E-state index in [-0.39, 0.29) is 208 Å². The molecule has 0 aromatic heterocycles. The van der Waals surface area contributed by atoms with Crippen LogP contribution in [0.1, 0.15) is 117 Å². The molecule has 5 aromatic rings. The molecule has 0 radical (unpaired) electrons. The van der Waals surface area contributed by atoms with Gasteiger partial charge in [0.15, 0.2) is 0 Å². The Labute approximate surface area is 665 Å². The molecule has 4 amide bonds. The molecule has 30 nitrogen and oxygen atoms in total. The van der Waals surface area contributed by atoms with Crippen LogP contribution >= 0.6 is 0 Å². The van der Waals surface area contributed by atoms with Gasteiger partial charge in [-0.25, -0.2) is 0 Å². The molecule has 2 heterocycles. The van der Waals surface area contributed by atoms with Crippen molar-refractivity contribution in [3.05, 3.63) is 68.8 Å². The molecule has 0 bridgehead atoms. The zero-order valence-corrected chi connectivity index (χ0v) is 73.2. The first-order valence-electron chi connectivity index (χ1n) is 39.1. The summed E-state index contributed by atoms with van der Waals surface area (Å²) in [5, 5.41) is 4.54. The summed E-state index contributed by atoms with van der Waals surface area (Å²) in [5.41, 5.74) is 3.45. The van der Waals surface area contributed by atoms with Crippen LogP contribution in [0.3, 0.4) is 0 Å². The zero-order chi connectivity index (χ0) is 81.1. The first kappa shape index (κ1) is 94.7. The van der Waals surface area contributed by atoms with Crippen LogP contribution in [0, 0.1) is 0 Å². The van der Waals surface area contributed by atoms with E-state index >= 15 is 19.2 Å². The maximum absolute atomic E-state index is 16.7. The second kappa shape index (κ2) is 49.1. The van der Waals surface area contributed by atoms with Gasteiger partial charge in [0.05, 0.1) is 181 Å². The first-order valence-corrected chi connectivity index (χ1v) is 46.8. The van der Waals surface area contributed by atoms with Gasteiger partial charge in [-0.1, -0.05) is 27.7 Å². The minimum atomic E-state index is -3.85. The molecule has 0 saturated carbocycles. The van der Waals surface area contributed by atoms with Crippen LogP contribution in [-0.4, -0.2) is 325 Å². The second-order valence-corrected chi connectivity index (χ2v) is 38.0. The Morgan fingerprint density at radius 3 is 0.527 bits per heavy atom. The van der Waals surface area contributed by atoms with Gasteiger partial charge in [-0.15, -0.1) is 0 Å². The van der Waals surface area contributed by atoms with Crippen molar-refractivity contribution in [2.45, 2.75) is 115 Å². The molecule has 112 heavy (non-hydrogen) atoms. The van der Waals surface area contributed by atoms with Crippen molar-refractivity contribution in [1.29, 1.82) is 0 Å². The summed E-state index contributed by atoms with van der Waals surface area (Å²) in [7, 11) is 3.59. The molecule has 2 aliphatic rings. The number of ether oxygens (including phenoxy) is 12. The van der Waals surface area contributed by atoms with Crippen LogP contribution in [0.5, 0.6) is 0 Å². The van der Waals surface area contributed by atoms with Gasteiger partial charge in [0.25, 0.3) is 23.6 Å². The number of methoxy groups -OCH3 is 12. The number of nitrogens with zero attached hydrogens (tertiary/aromatic N) is 2. The van der Waals surface area contributed by atoms with E-state index in [0.717, 1.165) is 0 Å². The normalized spacial score (nSPS) is 13.9. The smallest absolute Gasteiger partial charge is 0.382 e. The molecule has 0 unspecified atom stereocenters. The third-order valence-corrected chi connectivity index (χ3v) is 31.4. The van der Waals surface area contributed by atoms with Crippen LogP contribution in [0.15, 0.2) is 24.3 Å². The highest BCUT2D eigenvalue weighted by molar-refractivity contribution is 6.62. The van der Waals surface area contributed by atoms with E-state index in [1.165, 1.54) is 9.80 Å². The Hall–Kier alpha value is -4.41. The van der Waals surface area contributed by atoms with Crippen molar-refractivity contribution >= 4 is 102 Å². The van der Waals surface area contributed by atoms with E-state index in [1.54, 1.807) is 85.3 Å². The standard InChI is InChI=1S/C78H126N2O28Si4/c1-17-61(18-2)79-75(81)67-57(21-49-109(97-37-25-85-5,98-38-26-86-6)99-39-27-87-7)53-63-65-55-59(23-51-111(103-43-31-91-11,104-44-32-92-12)105-45-33-93-13)69-74-70(78(84)80(77(69)83)62(19-3)20-4)60(24-52-112(106-46-34-94-14,107-47-35-95-15)108-48-36-96-16)56-66(72(65)74)64-54-58(68(76(79)82)73(67)71(63)64)22-50-110(100-40-28-88-8,101-41-29-89-9)102-42-30-90-10/h53-56,61-62H,17-52H2,1-16H3. The number of benzene rings is 5. The molecule has 0 spiro atoms. The van der Waals surface area contributed by atoms with E-state index in [9.17, 15) is 0 Å². The molecule has 7 rings (SSSR count). The Bertz CT molecular complexity index is 3130. The van der Waals surface area contributed by atoms with E-state index < -0.39 is 70.9 Å². The fourth-order valence-corrected chi connectivity index (χ4v) is 24.4. The van der Waals surface area contributed by atoms with E-state index in [2.05, 4.69) is 0 Å². The fourth-order valence-electron chi connectivity index (χ4n) is 14.6. The maximum Gasteiger partial charge on any atom is 0.501 e. The number of hydrogen-bond acceptors (Lipinski definition) is 28. The molecule has 5 aromatic carbocycles. The van der Waals surface area contributed by atoms with Crippen molar-refractivity contribution in [1.82, 2.24) is 9.80 Å². The van der Waals surface area contributed by atoms with Crippen molar-refractivity contribution in [2.75, 3.05) is 244 Å². The lowest BCUT2D eigenvalue weighted by molar-refractivity contribution is 0.0144. The predicted octanol–water partition coefficient (Wildman–Crippen LogP) is 9.19. The summed E-state index contributed by atoms with van der Waals surface area (Å²) in [6.45, 7) is 11.8. The lowest BCUT2D eigenvalue weighted by Crippen LogP contribution is -2.49. The summed E-state index contributed by atoms with van der Waals surface area (Å²) in [5.74, 6) is -1.93. The van der Waals surface area contributed by atoms with Gasteiger partial charge in [-0.05, 0) is 130 Å². The van der Waals surface area contributed by atoms with E-state index in [4.69, 9.17) is 110 Å². The van der Waals surface area contributed by atoms with Gasteiger partial charge in [-0.3, -0.25) is 29.0 Å². The molecule has 2 aliphatic heterocycles. The van der Waals surface area contributed by atoms with Gasteiger partial charge in [-0.2, -0.15) is 0 Å². The SMILES string of the molecule is CCC(CC)N1C(=O)c2c(CC[Si](OCCOC)(OCCOC)OCCOC)cc3c4cc(CC[Si](OCCOC)(OCCOC)OCCOC)c5c6c(c(CC[Si](OCCOC)(OCCOC)OCCOC)cc(c7cc(CC[Si](OCCOC)(OCCOC)OCCOC)c(c2c37)C1=O)c64)C(=O)N(C(CC)CC)C5=O. The molecular formula is C78H126N2O28Si4. The summed E-state index contributed by atoms with van der Waals surface area (Å²) >= 11 is 0. The van der Waals surface area contributed by atoms with Crippen molar-refractivity contribution in [2.24, 2.45) is 0 Å². The van der Waals surface area contributed by atoms with Crippen LogP contribution < -0.4 is 0 Å². The van der Waals surface area contributed by atoms with Crippen LogP contribution in [0.2, 0.25) is 24.2 Å². The Kier molecular flexibility index (Phi) is 41.5. The van der Waals surface area contributed by atoms with Crippen LogP contribution in [-0.2, 0) is 136 Å². The van der Waals surface area contributed by atoms with Crippen LogP contribution in [0.25, 0.3) is 43.1 Å². The van der Waals surface area contributed by atoms with Gasteiger partial charge >= 0.3 is 35.2 Å². The number of imide groups is 2. The Morgan fingerprint density at radius 1 is 0.241 bits per heavy atom. The molecule has 0 fully saturated rings. The minimum absolute atomic E-state index is 0.109. The molecule has 0 N–H and O–H groups in total. The fraction of sp³-hybridized carbons (Fsp3) is 0.692. The Morgan fingerprint density at radius 2 is 0.393 bits per heavy atom. The number of hydrogen-bond donors (Lipinski definition) is 0. The maximum atomic E-state index is 16.7. The Balaban J connectivity index is 1.79. The topological polar surface area (TPSA) is 296 Å². The summed E-state index contributed by atoms with van der Waals surface area (Å²) in [6.07, 6.45) is 2.27. The monoisotopic (exact) mass is 1650 g/mol. The van der Waals surface area contributed by atoms with Crippen molar-refractivity contribution < 1.29 is 129 Å². The third kappa shape index (κ3) is 24.0. The predicted molar refractivity (Wildman–Crippen MR) is 428 cm³/mol. The van der Waals surface area contributed by atoms with Gasteiger partial charge in [0.2, 0.25) is 0 Å². The number of aryl methyl sites for hydroxylation is 4. The lowest BCUT2D eigenvalue weighted by Gasteiger charge is -2.37. The van der Waals surface area contributed by atoms with Crippen molar-refractivity contribution in [3.63, 3.8) is 0 Å². The third-order valence-electron chi connectivity index (χ3n) is 20.2. The number of amides is 4. The molecular weight excluding hydrogens is 1530 g/mol. The largest absolute Gasteiger partial charge is 0.501 e. The number of carbonyl (C=O) groups excluding carboxylic acids is 4. The minimum Gasteiger partial charge on any atom is -0.382 e. The van der Waals surface area contributed by atoms with Gasteiger partial charge < -0.3 is 110 Å². The van der Waals surface area contributed by atoms with Crippen LogP contribution in [0.4, 0.5) is 0 Å². The molecule has 0 saturated heterocycles. The average Bonchev–Trinajstić information content (AvgIpc) is 0.675. The van der Waals surface area contributed by atoms with Crippen molar-refractivity contribution in [3.8, 4) is 0 Å². The first-order chi connectivity index (χ1) is 54.5. The van der Waals surface area contributed by atoms with Gasteiger partial charge in [0, 0.05) is 132 Å². The summed E-state index contributed by atoms with van der Waals surface area (Å²) in [4.78, 5) is 69.5. The summed E-state index contributed by atoms with van der Waals surface area (Å²) in [6, 6.07) is 7.61. The number of fused-ring (bicyclic) bond motifs is 2. The summed E-state index contributed by atoms with van der Waals surface area (Å²) < 4.78 is 148. The number of carbonyl (C=O) groups is 4. The van der Waals surface area contributed by atoms with E-state index in [1.807, 2.05) is 52.0 Å².